The summed E-state index contributed by atoms with van der Waals surface area (Å²) >= 11 is 0. The fourth-order valence-electron chi connectivity index (χ4n) is 8.00. The van der Waals surface area contributed by atoms with Crippen molar-refractivity contribution in [2.75, 3.05) is 23.0 Å². The molecule has 12 heteroatoms. The number of aliphatic hydroxyl groups is 1. The number of likely N-dealkylation sites (tertiary alicyclic amines) is 1. The number of ether oxygens (including phenoxy) is 2. The van der Waals surface area contributed by atoms with Crippen LogP contribution in [-0.2, 0) is 40.8 Å². The van der Waals surface area contributed by atoms with E-state index in [1.54, 1.807) is 21.9 Å². The molecule has 11 nitrogen and oxygen atoms in total. The van der Waals surface area contributed by atoms with Crippen molar-refractivity contribution in [1.82, 2.24) is 4.90 Å². The first-order valence-corrected chi connectivity index (χ1v) is 18.7. The number of aliphatic hydroxyl groups excluding tert-OH is 1. The molecule has 1 unspecified atom stereocenters. The van der Waals surface area contributed by atoms with Crippen molar-refractivity contribution in [3.63, 3.8) is 0 Å². The second kappa shape index (κ2) is 11.7. The summed E-state index contributed by atoms with van der Waals surface area (Å²) in [5.74, 6) is -1.43. The lowest BCUT2D eigenvalue weighted by Gasteiger charge is -2.39. The molecule has 3 fully saturated rings. The van der Waals surface area contributed by atoms with Crippen molar-refractivity contribution < 1.29 is 38.6 Å². The molecule has 1 spiro atoms. The topological polar surface area (TPSA) is 137 Å². The fraction of sp³-hybridized carbons (Fsp3) is 0.515. The number of β-lactam (4-membered cyclic amide) rings is 1. The monoisotopic (exact) mass is 635 g/mol. The van der Waals surface area contributed by atoms with Gasteiger partial charge in [0.05, 0.1) is 43.8 Å². The van der Waals surface area contributed by atoms with Gasteiger partial charge in [0.2, 0.25) is 11.8 Å². The maximum atomic E-state index is 14.7. The van der Waals surface area contributed by atoms with E-state index < -0.39 is 43.7 Å². The highest BCUT2D eigenvalue weighted by Crippen LogP contribution is 2.59. The van der Waals surface area contributed by atoms with E-state index >= 15 is 0 Å². The van der Waals surface area contributed by atoms with E-state index in [0.29, 0.717) is 23.5 Å². The molecule has 0 radical (unpaired) electrons. The third-order valence-corrected chi connectivity index (χ3v) is 12.4. The number of anilines is 2. The largest absolute Gasteiger partial charge is 0.441 e. The smallest absolute Gasteiger partial charge is 0.304 e. The van der Waals surface area contributed by atoms with Crippen molar-refractivity contribution in [3.05, 3.63) is 59.7 Å². The maximum Gasteiger partial charge on any atom is 0.304 e. The van der Waals surface area contributed by atoms with Crippen molar-refractivity contribution in [2.24, 2.45) is 5.92 Å². The van der Waals surface area contributed by atoms with E-state index in [2.05, 4.69) is 0 Å². The molecule has 3 amide bonds. The lowest BCUT2D eigenvalue weighted by Crippen LogP contribution is -2.54. The van der Waals surface area contributed by atoms with Gasteiger partial charge in [-0.25, -0.2) is 0 Å². The van der Waals surface area contributed by atoms with Gasteiger partial charge in [-0.1, -0.05) is 37.3 Å². The Morgan fingerprint density at radius 1 is 1.13 bits per heavy atom. The number of nitrogens with zero attached hydrogens (tertiary/aromatic N) is 3. The van der Waals surface area contributed by atoms with Gasteiger partial charge in [0.25, 0.3) is 5.91 Å². The second-order valence-electron chi connectivity index (χ2n) is 13.2. The Morgan fingerprint density at radius 2 is 1.89 bits per heavy atom. The lowest BCUT2D eigenvalue weighted by molar-refractivity contribution is -0.154. The van der Waals surface area contributed by atoms with Crippen LogP contribution in [0.3, 0.4) is 0 Å². The Kier molecular flexibility index (Phi) is 8.13. The Hall–Kier alpha value is -3.58. The predicted octanol–water partition coefficient (Wildman–Crippen LogP) is 3.03. The average Bonchev–Trinajstić information content (AvgIpc) is 3.63. The highest BCUT2D eigenvalue weighted by atomic mass is 28.4. The molecule has 6 atom stereocenters. The number of hydrogen-bond acceptors (Lipinski definition) is 8. The molecule has 4 aliphatic heterocycles. The summed E-state index contributed by atoms with van der Waals surface area (Å²) in [6.07, 6.45) is 0.380. The summed E-state index contributed by atoms with van der Waals surface area (Å²) in [6, 6.07) is 14.5. The molecule has 6 rings (SSSR count). The summed E-state index contributed by atoms with van der Waals surface area (Å²) in [4.78, 5) is 68.5. The van der Waals surface area contributed by atoms with E-state index in [1.165, 1.54) is 11.8 Å². The molecule has 4 heterocycles. The normalized spacial score (nSPS) is 29.4. The average molecular weight is 636 g/mol. The number of carbonyl (C=O) groups is 4. The number of amides is 3. The van der Waals surface area contributed by atoms with Gasteiger partial charge in [-0.05, 0) is 49.7 Å². The van der Waals surface area contributed by atoms with Gasteiger partial charge in [-0.3, -0.25) is 24.1 Å². The SMILES string of the molecule is CC(=O)OC1CC(=O)N1c1cccc(CN2C(=O)[C@@]3(O[C@@H](CC(=O)N4CCC[C@H]4CO)[C@H]([Si](C)(C)O)[C@H]3C)c3ccccc32)c1. The predicted molar refractivity (Wildman–Crippen MR) is 167 cm³/mol. The van der Waals surface area contributed by atoms with Gasteiger partial charge in [0.15, 0.2) is 20.1 Å². The molecule has 4 aliphatic rings. The van der Waals surface area contributed by atoms with Crippen LogP contribution in [0.25, 0.3) is 0 Å². The van der Waals surface area contributed by atoms with Crippen molar-refractivity contribution in [1.29, 1.82) is 0 Å². The Labute approximate surface area is 263 Å². The summed E-state index contributed by atoms with van der Waals surface area (Å²) in [5, 5.41) is 9.81. The van der Waals surface area contributed by atoms with E-state index in [9.17, 15) is 29.1 Å². The second-order valence-corrected chi connectivity index (χ2v) is 17.2. The number of rotatable bonds is 8. The standard InChI is InChI=1S/C33H41N3O8Si/c1-20-31(45(3,4)42)27(16-28(39)34-14-8-11-24(34)19-37)44-33(20)25-12-5-6-13-26(25)35(32(33)41)18-22-9-7-10-23(15-22)36-29(40)17-30(36)43-21(2)38/h5-7,9-10,12-13,15,20,24,27,30-31,37,42H,8,11,14,16-19H2,1-4H3/t20-,24+,27+,30?,31-,33+/m1/s1. The first-order chi connectivity index (χ1) is 21.4. The molecule has 240 valence electrons. The van der Waals surface area contributed by atoms with Crippen LogP contribution in [0.5, 0.6) is 0 Å². The highest BCUT2D eigenvalue weighted by molar-refractivity contribution is 6.71. The number of hydrogen-bond donors (Lipinski definition) is 2. The zero-order valence-corrected chi connectivity index (χ0v) is 27.1. The minimum Gasteiger partial charge on any atom is -0.441 e. The number of para-hydroxylation sites is 1. The van der Waals surface area contributed by atoms with Gasteiger partial charge in [-0.15, -0.1) is 0 Å². The number of benzene rings is 2. The highest BCUT2D eigenvalue weighted by Gasteiger charge is 2.66. The van der Waals surface area contributed by atoms with Gasteiger partial charge in [0, 0.05) is 36.2 Å². The quantitative estimate of drug-likeness (QED) is 0.257. The third kappa shape index (κ3) is 5.27. The van der Waals surface area contributed by atoms with E-state index in [4.69, 9.17) is 9.47 Å². The van der Waals surface area contributed by atoms with Crippen LogP contribution in [0, 0.1) is 5.92 Å². The maximum absolute atomic E-state index is 14.7. The minimum absolute atomic E-state index is 0.0229. The van der Waals surface area contributed by atoms with Gasteiger partial charge in [-0.2, -0.15) is 0 Å². The van der Waals surface area contributed by atoms with Crippen molar-refractivity contribution in [3.8, 4) is 0 Å². The van der Waals surface area contributed by atoms with Gasteiger partial charge < -0.3 is 29.2 Å². The molecule has 3 saturated heterocycles. The van der Waals surface area contributed by atoms with Gasteiger partial charge >= 0.3 is 5.97 Å². The van der Waals surface area contributed by atoms with Crippen LogP contribution >= 0.6 is 0 Å². The van der Waals surface area contributed by atoms with Crippen LogP contribution in [0.2, 0.25) is 18.6 Å². The molecule has 45 heavy (non-hydrogen) atoms. The van der Waals surface area contributed by atoms with E-state index in [1.807, 2.05) is 56.4 Å². The van der Waals surface area contributed by atoms with Crippen LogP contribution in [0.1, 0.15) is 50.7 Å². The van der Waals surface area contributed by atoms with Crippen molar-refractivity contribution in [2.45, 2.75) is 88.7 Å². The molecule has 2 aromatic rings. The molecular weight excluding hydrogens is 594 g/mol. The van der Waals surface area contributed by atoms with Gasteiger partial charge in [0.1, 0.15) is 0 Å². The lowest BCUT2D eigenvalue weighted by atomic mass is 9.82. The Balaban J connectivity index is 1.31. The van der Waals surface area contributed by atoms with Crippen LogP contribution in [0.15, 0.2) is 48.5 Å². The van der Waals surface area contributed by atoms with E-state index in [-0.39, 0.29) is 49.8 Å². The molecule has 2 aromatic carbocycles. The van der Waals surface area contributed by atoms with Crippen molar-refractivity contribution >= 4 is 43.4 Å². The molecule has 0 aliphatic carbocycles. The Morgan fingerprint density at radius 3 is 2.58 bits per heavy atom. The zero-order chi connectivity index (χ0) is 32.3. The molecule has 0 saturated carbocycles. The number of carbonyl (C=O) groups excluding carboxylic acids is 4. The van der Waals surface area contributed by atoms with Crippen LogP contribution in [0.4, 0.5) is 11.4 Å². The third-order valence-electron chi connectivity index (χ3n) is 9.91. The van der Waals surface area contributed by atoms with Crippen LogP contribution in [-0.4, -0.2) is 78.3 Å². The first-order valence-electron chi connectivity index (χ1n) is 15.7. The minimum atomic E-state index is -2.95. The number of esters is 1. The molecular formula is C33H41N3O8Si. The van der Waals surface area contributed by atoms with E-state index in [0.717, 1.165) is 18.4 Å². The molecule has 2 N–H and O–H groups in total. The molecule has 0 bridgehead atoms. The zero-order valence-electron chi connectivity index (χ0n) is 26.1. The van der Waals surface area contributed by atoms with Crippen LogP contribution < -0.4 is 9.80 Å². The summed E-state index contributed by atoms with van der Waals surface area (Å²) in [6.45, 7) is 7.57. The fourth-order valence-corrected chi connectivity index (χ4v) is 10.6. The molecule has 0 aromatic heterocycles. The summed E-state index contributed by atoms with van der Waals surface area (Å²) < 4.78 is 12.1. The number of fused-ring (bicyclic) bond motifs is 2. The summed E-state index contributed by atoms with van der Waals surface area (Å²) in [5.41, 5.74) is 0.965. The summed E-state index contributed by atoms with van der Waals surface area (Å²) in [7, 11) is -2.95. The first kappa shape index (κ1) is 31.4. The Bertz CT molecular complexity index is 1530.